The lowest BCUT2D eigenvalue weighted by Gasteiger charge is -2.44. The van der Waals surface area contributed by atoms with Gasteiger partial charge in [0.05, 0.1) is 0 Å². The van der Waals surface area contributed by atoms with Crippen LogP contribution < -0.4 is 5.32 Å². The minimum Gasteiger partial charge on any atom is -0.463 e. The third kappa shape index (κ3) is 7.93. The van der Waals surface area contributed by atoms with E-state index in [1.165, 1.54) is 0 Å². The Morgan fingerprint density at radius 2 is 1.50 bits per heavy atom. The van der Waals surface area contributed by atoms with E-state index in [4.69, 9.17) is 29.2 Å². The maximum absolute atomic E-state index is 12.1. The van der Waals surface area contributed by atoms with Crippen molar-refractivity contribution in [3.05, 3.63) is 10.4 Å². The molecule has 1 unspecified atom stereocenters. The second kappa shape index (κ2) is 11.6. The molecule has 1 heterocycles. The van der Waals surface area contributed by atoms with Crippen molar-refractivity contribution in [2.75, 3.05) is 13.2 Å². The normalized spacial score (nSPS) is 25.1. The SMILES string of the molecule is CC(=O)OC[C@H]1OC(OC(C)=O)[C@H](NC(=O)CN=[N+]=[N-])[C@@H](OC(C)=O)[C@@H]1OC(C)=O. The van der Waals surface area contributed by atoms with Gasteiger partial charge in [0, 0.05) is 32.6 Å². The summed E-state index contributed by atoms with van der Waals surface area (Å²) < 4.78 is 25.9. The molecule has 0 saturated carbocycles. The monoisotopic (exact) mass is 430 g/mol. The van der Waals surface area contributed by atoms with Crippen molar-refractivity contribution >= 4 is 29.8 Å². The van der Waals surface area contributed by atoms with E-state index in [1.807, 2.05) is 0 Å². The van der Waals surface area contributed by atoms with Crippen LogP contribution in [-0.4, -0.2) is 73.6 Å². The lowest BCUT2D eigenvalue weighted by Crippen LogP contribution is -2.67. The number of amides is 1. The van der Waals surface area contributed by atoms with E-state index in [2.05, 4.69) is 15.3 Å². The number of azide groups is 1. The highest BCUT2D eigenvalue weighted by Crippen LogP contribution is 2.28. The highest BCUT2D eigenvalue weighted by Gasteiger charge is 2.52. The second-order valence-corrected chi connectivity index (χ2v) is 6.09. The Hall–Kier alpha value is -3.38. The fourth-order valence-corrected chi connectivity index (χ4v) is 2.65. The van der Waals surface area contributed by atoms with Crippen molar-refractivity contribution < 1.29 is 47.7 Å². The van der Waals surface area contributed by atoms with Gasteiger partial charge < -0.3 is 29.0 Å². The van der Waals surface area contributed by atoms with Gasteiger partial charge in [-0.05, 0) is 5.53 Å². The standard InChI is InChI=1S/C16H22N4O10/c1-7(21)26-6-11-14(27-8(2)22)15(28-9(3)23)13(16(30-11)29-10(4)24)19-12(25)5-18-20-17/h11,13-16H,5-6H2,1-4H3,(H,19,25)/t11-,13-,14-,15-,16?/m1/s1. The van der Waals surface area contributed by atoms with Crippen LogP contribution >= 0.6 is 0 Å². The molecule has 1 fully saturated rings. The topological polar surface area (TPSA) is 192 Å². The Kier molecular flexibility index (Phi) is 9.52. The van der Waals surface area contributed by atoms with Crippen molar-refractivity contribution in [2.24, 2.45) is 5.11 Å². The summed E-state index contributed by atoms with van der Waals surface area (Å²) in [6.45, 7) is 3.32. The summed E-state index contributed by atoms with van der Waals surface area (Å²) in [6.07, 6.45) is -5.42. The Morgan fingerprint density at radius 3 is 2.00 bits per heavy atom. The molecule has 14 heteroatoms. The quantitative estimate of drug-likeness (QED) is 0.172. The molecule has 1 amide bonds. The van der Waals surface area contributed by atoms with Crippen LogP contribution in [0.15, 0.2) is 5.11 Å². The molecular formula is C16H22N4O10. The number of ether oxygens (including phenoxy) is 5. The Balaban J connectivity index is 3.33. The number of carbonyl (C=O) groups excluding carboxylic acids is 5. The predicted molar refractivity (Wildman–Crippen MR) is 94.1 cm³/mol. The van der Waals surface area contributed by atoms with Crippen molar-refractivity contribution in [3.8, 4) is 0 Å². The highest BCUT2D eigenvalue weighted by atomic mass is 16.7. The second-order valence-electron chi connectivity index (χ2n) is 6.09. The molecule has 14 nitrogen and oxygen atoms in total. The summed E-state index contributed by atoms with van der Waals surface area (Å²) in [5.41, 5.74) is 8.36. The van der Waals surface area contributed by atoms with Gasteiger partial charge in [-0.1, -0.05) is 5.11 Å². The van der Waals surface area contributed by atoms with Crippen LogP contribution in [0.3, 0.4) is 0 Å². The maximum atomic E-state index is 12.1. The average Bonchev–Trinajstić information content (AvgIpc) is 2.62. The molecule has 30 heavy (non-hydrogen) atoms. The average molecular weight is 430 g/mol. The first-order valence-electron chi connectivity index (χ1n) is 8.65. The first-order chi connectivity index (χ1) is 14.0. The number of nitrogens with one attached hydrogen (secondary N) is 1. The number of hydrogen-bond acceptors (Lipinski definition) is 11. The largest absolute Gasteiger partial charge is 0.463 e. The van der Waals surface area contributed by atoms with Crippen molar-refractivity contribution in [3.63, 3.8) is 0 Å². The first-order valence-corrected chi connectivity index (χ1v) is 8.65. The third-order valence-electron chi connectivity index (χ3n) is 3.59. The van der Waals surface area contributed by atoms with Gasteiger partial charge >= 0.3 is 23.9 Å². The lowest BCUT2D eigenvalue weighted by atomic mass is 9.96. The van der Waals surface area contributed by atoms with Gasteiger partial charge in [0.2, 0.25) is 12.2 Å². The molecule has 0 radical (unpaired) electrons. The summed E-state index contributed by atoms with van der Waals surface area (Å²) in [5.74, 6) is -3.86. The fourth-order valence-electron chi connectivity index (χ4n) is 2.65. The molecule has 166 valence electrons. The Bertz CT molecular complexity index is 736. The van der Waals surface area contributed by atoms with Crippen LogP contribution in [0.1, 0.15) is 27.7 Å². The molecule has 1 saturated heterocycles. The van der Waals surface area contributed by atoms with E-state index in [1.54, 1.807) is 0 Å². The maximum Gasteiger partial charge on any atom is 0.305 e. The summed E-state index contributed by atoms with van der Waals surface area (Å²) in [7, 11) is 0. The molecule has 0 aromatic rings. The van der Waals surface area contributed by atoms with Crippen LogP contribution in [0.25, 0.3) is 10.4 Å². The molecule has 0 aromatic heterocycles. The fraction of sp³-hybridized carbons (Fsp3) is 0.688. The molecule has 1 aliphatic rings. The van der Waals surface area contributed by atoms with Crippen LogP contribution in [-0.2, 0) is 47.7 Å². The van der Waals surface area contributed by atoms with Gasteiger partial charge in [-0.15, -0.1) is 0 Å². The van der Waals surface area contributed by atoms with Gasteiger partial charge in [-0.3, -0.25) is 24.0 Å². The van der Waals surface area contributed by atoms with Crippen molar-refractivity contribution in [2.45, 2.75) is 58.3 Å². The van der Waals surface area contributed by atoms with Gasteiger partial charge in [0.1, 0.15) is 25.3 Å². The minimum atomic E-state index is -1.51. The van der Waals surface area contributed by atoms with Crippen LogP contribution in [0, 0.1) is 0 Å². The van der Waals surface area contributed by atoms with Crippen molar-refractivity contribution in [1.29, 1.82) is 0 Å². The smallest absolute Gasteiger partial charge is 0.305 e. The number of hydrogen-bond donors (Lipinski definition) is 1. The number of carbonyl (C=O) groups is 5. The Labute approximate surface area is 170 Å². The molecular weight excluding hydrogens is 408 g/mol. The molecule has 5 atom stereocenters. The predicted octanol–water partition coefficient (Wildman–Crippen LogP) is -0.504. The highest BCUT2D eigenvalue weighted by molar-refractivity contribution is 5.79. The van der Waals surface area contributed by atoms with Crippen LogP contribution in [0.2, 0.25) is 0 Å². The van der Waals surface area contributed by atoms with E-state index < -0.39 is 73.6 Å². The molecule has 0 aromatic carbocycles. The van der Waals surface area contributed by atoms with Crippen LogP contribution in [0.5, 0.6) is 0 Å². The minimum absolute atomic E-state index is 0.428. The van der Waals surface area contributed by atoms with E-state index in [0.717, 1.165) is 27.7 Å². The molecule has 0 bridgehead atoms. The van der Waals surface area contributed by atoms with E-state index in [0.29, 0.717) is 0 Å². The molecule has 1 rings (SSSR count). The van der Waals surface area contributed by atoms with E-state index in [9.17, 15) is 24.0 Å². The Morgan fingerprint density at radius 1 is 0.933 bits per heavy atom. The lowest BCUT2D eigenvalue weighted by molar-refractivity contribution is -0.271. The zero-order chi connectivity index (χ0) is 22.8. The first kappa shape index (κ1) is 24.7. The summed E-state index contributed by atoms with van der Waals surface area (Å²) in [4.78, 5) is 60.5. The van der Waals surface area contributed by atoms with E-state index >= 15 is 0 Å². The zero-order valence-electron chi connectivity index (χ0n) is 16.7. The number of esters is 4. The summed E-state index contributed by atoms with van der Waals surface area (Å²) in [6, 6.07) is -1.34. The van der Waals surface area contributed by atoms with Gasteiger partial charge in [0.25, 0.3) is 0 Å². The number of nitrogens with zero attached hydrogens (tertiary/aromatic N) is 3. The summed E-state index contributed by atoms with van der Waals surface area (Å²) >= 11 is 0. The number of rotatable bonds is 8. The van der Waals surface area contributed by atoms with Crippen molar-refractivity contribution in [1.82, 2.24) is 5.32 Å². The van der Waals surface area contributed by atoms with Crippen LogP contribution in [0.4, 0.5) is 0 Å². The zero-order valence-corrected chi connectivity index (χ0v) is 16.7. The molecule has 0 aliphatic carbocycles. The van der Waals surface area contributed by atoms with Gasteiger partial charge in [-0.2, -0.15) is 0 Å². The van der Waals surface area contributed by atoms with E-state index in [-0.39, 0.29) is 0 Å². The molecule has 0 spiro atoms. The van der Waals surface area contributed by atoms with Gasteiger partial charge in [-0.25, -0.2) is 0 Å². The molecule has 1 N–H and O–H groups in total. The van der Waals surface area contributed by atoms with Gasteiger partial charge in [0.15, 0.2) is 12.2 Å². The third-order valence-corrected chi connectivity index (χ3v) is 3.59. The summed E-state index contributed by atoms with van der Waals surface area (Å²) in [5, 5.41) is 5.48. The molecule has 1 aliphatic heterocycles.